The van der Waals surface area contributed by atoms with Gasteiger partial charge in [-0.2, -0.15) is 0 Å². The van der Waals surface area contributed by atoms with Crippen LogP contribution in [0.5, 0.6) is 0 Å². The van der Waals surface area contributed by atoms with E-state index in [0.29, 0.717) is 12.8 Å². The molecule has 0 heterocycles. The highest BCUT2D eigenvalue weighted by atomic mass is 19.2. The summed E-state index contributed by atoms with van der Waals surface area (Å²) in [5, 5.41) is 10.4. The first-order chi connectivity index (χ1) is 7.94. The molecule has 2 unspecified atom stereocenters. The van der Waals surface area contributed by atoms with E-state index in [1.807, 2.05) is 6.92 Å². The summed E-state index contributed by atoms with van der Waals surface area (Å²) in [6.07, 6.45) is 2.50. The molecule has 0 aliphatic heterocycles. The van der Waals surface area contributed by atoms with Crippen molar-refractivity contribution in [2.45, 2.75) is 38.2 Å². The van der Waals surface area contributed by atoms with Crippen molar-refractivity contribution >= 4 is 0 Å². The summed E-state index contributed by atoms with van der Waals surface area (Å²) in [4.78, 5) is 0. The fraction of sp³-hybridized carbons (Fsp3) is 0.538. The molecule has 1 nitrogen and oxygen atoms in total. The van der Waals surface area contributed by atoms with Crippen molar-refractivity contribution in [3.8, 4) is 0 Å². The molecule has 1 aliphatic carbocycles. The van der Waals surface area contributed by atoms with E-state index in [9.17, 15) is 18.3 Å². The molecule has 1 aromatic rings. The van der Waals surface area contributed by atoms with Crippen LogP contribution in [0.15, 0.2) is 12.1 Å². The van der Waals surface area contributed by atoms with E-state index in [4.69, 9.17) is 0 Å². The van der Waals surface area contributed by atoms with Crippen molar-refractivity contribution < 1.29 is 18.3 Å². The summed E-state index contributed by atoms with van der Waals surface area (Å²) in [5.74, 6) is -3.74. The Hall–Kier alpha value is -1.03. The lowest BCUT2D eigenvalue weighted by molar-refractivity contribution is -0.0213. The Morgan fingerprint density at radius 3 is 2.59 bits per heavy atom. The largest absolute Gasteiger partial charge is 0.385 e. The molecule has 2 atom stereocenters. The predicted octanol–water partition coefficient (Wildman–Crippen LogP) is 3.50. The predicted molar refractivity (Wildman–Crippen MR) is 57.8 cm³/mol. The minimum Gasteiger partial charge on any atom is -0.385 e. The number of benzene rings is 1. The Bertz CT molecular complexity index is 433. The molecule has 2 rings (SSSR count). The second-order valence-corrected chi connectivity index (χ2v) is 4.96. The minimum absolute atomic E-state index is 0.122. The smallest absolute Gasteiger partial charge is 0.194 e. The molecular formula is C13H15F3O. The zero-order valence-corrected chi connectivity index (χ0v) is 9.64. The molecule has 1 aliphatic rings. The van der Waals surface area contributed by atoms with Gasteiger partial charge in [0.25, 0.3) is 0 Å². The van der Waals surface area contributed by atoms with Crippen LogP contribution < -0.4 is 0 Å². The third-order valence-electron chi connectivity index (χ3n) is 3.51. The van der Waals surface area contributed by atoms with E-state index >= 15 is 0 Å². The van der Waals surface area contributed by atoms with Gasteiger partial charge >= 0.3 is 0 Å². The lowest BCUT2D eigenvalue weighted by atomic mass is 9.75. The van der Waals surface area contributed by atoms with Gasteiger partial charge in [0.1, 0.15) is 0 Å². The van der Waals surface area contributed by atoms with E-state index in [-0.39, 0.29) is 11.5 Å². The second kappa shape index (κ2) is 4.33. The molecule has 0 radical (unpaired) electrons. The van der Waals surface area contributed by atoms with Gasteiger partial charge in [-0.15, -0.1) is 0 Å². The highest BCUT2D eigenvalue weighted by Gasteiger charge is 2.37. The maximum absolute atomic E-state index is 13.6. The number of rotatable bonds is 1. The number of hydrogen-bond acceptors (Lipinski definition) is 1. The molecule has 0 saturated heterocycles. The molecule has 0 bridgehead atoms. The maximum atomic E-state index is 13.6. The molecule has 1 saturated carbocycles. The first-order valence-corrected chi connectivity index (χ1v) is 5.80. The summed E-state index contributed by atoms with van der Waals surface area (Å²) in [6.45, 7) is 1.96. The van der Waals surface area contributed by atoms with E-state index < -0.39 is 23.1 Å². The second-order valence-electron chi connectivity index (χ2n) is 4.96. The van der Waals surface area contributed by atoms with Crippen LogP contribution in [0.25, 0.3) is 0 Å². The molecule has 17 heavy (non-hydrogen) atoms. The summed E-state index contributed by atoms with van der Waals surface area (Å²) in [7, 11) is 0. The Kier molecular flexibility index (Phi) is 3.17. The van der Waals surface area contributed by atoms with E-state index in [2.05, 4.69) is 0 Å². The van der Waals surface area contributed by atoms with Gasteiger partial charge in [0.05, 0.1) is 5.60 Å². The summed E-state index contributed by atoms with van der Waals surface area (Å²) in [5.41, 5.74) is -1.49. The lowest BCUT2D eigenvalue weighted by Gasteiger charge is -2.36. The fourth-order valence-electron chi connectivity index (χ4n) is 2.65. The van der Waals surface area contributed by atoms with Crippen LogP contribution in [0, 0.1) is 23.4 Å². The number of hydrogen-bond donors (Lipinski definition) is 1. The highest BCUT2D eigenvalue weighted by molar-refractivity contribution is 5.27. The topological polar surface area (TPSA) is 20.2 Å². The van der Waals surface area contributed by atoms with E-state index in [1.54, 1.807) is 0 Å². The van der Waals surface area contributed by atoms with Crippen molar-refractivity contribution in [3.05, 3.63) is 35.1 Å². The Labute approximate surface area is 98.3 Å². The molecular weight excluding hydrogens is 229 g/mol. The van der Waals surface area contributed by atoms with Gasteiger partial charge in [-0.25, -0.2) is 13.2 Å². The van der Waals surface area contributed by atoms with Crippen molar-refractivity contribution in [1.29, 1.82) is 0 Å². The van der Waals surface area contributed by atoms with Crippen LogP contribution in [0.4, 0.5) is 13.2 Å². The molecule has 4 heteroatoms. The van der Waals surface area contributed by atoms with Gasteiger partial charge in [0, 0.05) is 5.56 Å². The van der Waals surface area contributed by atoms with Crippen LogP contribution in [-0.4, -0.2) is 5.11 Å². The number of aliphatic hydroxyl groups is 1. The average Bonchev–Trinajstić information content (AvgIpc) is 2.25. The van der Waals surface area contributed by atoms with Crippen LogP contribution in [0.3, 0.4) is 0 Å². The Morgan fingerprint density at radius 2 is 1.94 bits per heavy atom. The first kappa shape index (κ1) is 12.4. The molecule has 0 amide bonds. The van der Waals surface area contributed by atoms with Crippen LogP contribution in [-0.2, 0) is 5.60 Å². The Morgan fingerprint density at radius 1 is 1.24 bits per heavy atom. The third-order valence-corrected chi connectivity index (χ3v) is 3.51. The van der Waals surface area contributed by atoms with E-state index in [0.717, 1.165) is 25.0 Å². The molecule has 0 spiro atoms. The number of halogens is 3. The van der Waals surface area contributed by atoms with Gasteiger partial charge in [0.15, 0.2) is 17.5 Å². The standard InChI is InChI=1S/C13H15F3O/c1-8-3-2-6-13(17,7-8)9-4-5-10(14)12(16)11(9)15/h4-5,8,17H,2-3,6-7H2,1H3. The lowest BCUT2D eigenvalue weighted by Crippen LogP contribution is -2.33. The minimum atomic E-state index is -1.51. The van der Waals surface area contributed by atoms with Crippen molar-refractivity contribution in [1.82, 2.24) is 0 Å². The average molecular weight is 244 g/mol. The summed E-state index contributed by atoms with van der Waals surface area (Å²) >= 11 is 0. The fourth-order valence-corrected chi connectivity index (χ4v) is 2.65. The highest BCUT2D eigenvalue weighted by Crippen LogP contribution is 2.41. The Balaban J connectivity index is 2.42. The first-order valence-electron chi connectivity index (χ1n) is 5.80. The molecule has 94 valence electrons. The SMILES string of the molecule is CC1CCCC(O)(c2ccc(F)c(F)c2F)C1. The van der Waals surface area contributed by atoms with Gasteiger partial charge in [-0.1, -0.05) is 19.4 Å². The van der Waals surface area contributed by atoms with Gasteiger partial charge in [0.2, 0.25) is 0 Å². The van der Waals surface area contributed by atoms with Gasteiger partial charge in [-0.05, 0) is 31.2 Å². The van der Waals surface area contributed by atoms with Crippen LogP contribution >= 0.6 is 0 Å². The van der Waals surface area contributed by atoms with Gasteiger partial charge in [-0.3, -0.25) is 0 Å². The normalized spacial score (nSPS) is 29.4. The molecule has 1 fully saturated rings. The monoisotopic (exact) mass is 244 g/mol. The molecule has 1 N–H and O–H groups in total. The molecule has 1 aromatic carbocycles. The summed E-state index contributed by atoms with van der Waals surface area (Å²) in [6, 6.07) is 2.01. The quantitative estimate of drug-likeness (QED) is 0.749. The van der Waals surface area contributed by atoms with E-state index in [1.165, 1.54) is 0 Å². The van der Waals surface area contributed by atoms with Crippen molar-refractivity contribution in [2.75, 3.05) is 0 Å². The zero-order chi connectivity index (χ0) is 12.6. The van der Waals surface area contributed by atoms with Crippen LogP contribution in [0.2, 0.25) is 0 Å². The van der Waals surface area contributed by atoms with Crippen molar-refractivity contribution in [3.63, 3.8) is 0 Å². The molecule has 0 aromatic heterocycles. The van der Waals surface area contributed by atoms with Crippen LogP contribution in [0.1, 0.15) is 38.2 Å². The maximum Gasteiger partial charge on any atom is 0.194 e. The zero-order valence-electron chi connectivity index (χ0n) is 9.64. The summed E-state index contributed by atoms with van der Waals surface area (Å²) < 4.78 is 39.6. The van der Waals surface area contributed by atoms with Crippen molar-refractivity contribution in [2.24, 2.45) is 5.92 Å². The third kappa shape index (κ3) is 2.18. The van der Waals surface area contributed by atoms with Gasteiger partial charge < -0.3 is 5.11 Å².